The van der Waals surface area contributed by atoms with Gasteiger partial charge in [0.1, 0.15) is 0 Å². The van der Waals surface area contributed by atoms with Crippen LogP contribution >= 0.6 is 0 Å². The molecule has 26 valence electrons. The van der Waals surface area contributed by atoms with E-state index in [9.17, 15) is 0 Å². The van der Waals surface area contributed by atoms with E-state index in [1.165, 1.54) is 0 Å². The molecule has 5 heavy (non-hydrogen) atoms. The molecule has 0 fully saturated rings. The van der Waals surface area contributed by atoms with E-state index in [1.54, 1.807) is 0 Å². The summed E-state index contributed by atoms with van der Waals surface area (Å²) in [5.74, 6) is 0. The molecule has 0 unspecified atom stereocenters. The monoisotopic (exact) mass is 84.0 g/mol. The number of hydrogen-bond acceptors (Lipinski definition) is 2. The quantitative estimate of drug-likeness (QED) is 0.317. The number of aliphatic hydroxyl groups excluding tert-OH is 1. The van der Waals surface area contributed by atoms with Gasteiger partial charge in [-0.2, -0.15) is 0 Å². The van der Waals surface area contributed by atoms with Crippen molar-refractivity contribution in [2.24, 2.45) is 5.73 Å². The zero-order valence-corrected chi connectivity index (χ0v) is 5.44. The molecule has 3 heteroatoms. The topological polar surface area (TPSA) is 46.2 Å². The van der Waals surface area contributed by atoms with Crippen LogP contribution in [-0.4, -0.2) is 18.3 Å². The van der Waals surface area contributed by atoms with Gasteiger partial charge < -0.3 is 10.8 Å². The van der Waals surface area contributed by atoms with Crippen LogP contribution in [0.3, 0.4) is 0 Å². The molecule has 0 aromatic carbocycles. The van der Waals surface area contributed by atoms with Crippen LogP contribution in [0.5, 0.6) is 0 Å². The van der Waals surface area contributed by atoms with Gasteiger partial charge in [-0.25, -0.2) is 0 Å². The van der Waals surface area contributed by atoms with Crippen molar-refractivity contribution in [3.05, 3.63) is 0 Å². The minimum atomic E-state index is 0. The molecule has 0 bridgehead atoms. The van der Waals surface area contributed by atoms with Crippen LogP contribution in [0.25, 0.3) is 0 Å². The Morgan fingerprint density at radius 2 is 1.80 bits per heavy atom. The maximum Gasteiger partial charge on any atom is 1.00 e. The van der Waals surface area contributed by atoms with E-state index in [0.29, 0.717) is 6.54 Å². The Kier molecular flexibility index (Phi) is 16.5. The van der Waals surface area contributed by atoms with Crippen LogP contribution in [0, 0.1) is 0 Å². The molecule has 0 aliphatic heterocycles. The maximum atomic E-state index is 7.75. The van der Waals surface area contributed by atoms with E-state index in [4.69, 9.17) is 10.8 Å². The zero-order chi connectivity index (χ0) is 3.41. The van der Waals surface area contributed by atoms with E-state index in [2.05, 4.69) is 0 Å². The summed E-state index contributed by atoms with van der Waals surface area (Å²) in [6.45, 7) is 0.472. The Morgan fingerprint density at radius 1 is 1.60 bits per heavy atom. The van der Waals surface area contributed by atoms with Crippen LogP contribution in [0.4, 0.5) is 0 Å². The zero-order valence-electron chi connectivity index (χ0n) is 3.44. The standard InChI is InChI=1S/C2H7NO.Na/c3-1-2-4;/h4H,1-3H2;/q;+1. The number of hydrogen-bond donors (Lipinski definition) is 2. The van der Waals surface area contributed by atoms with Gasteiger partial charge in [0.2, 0.25) is 0 Å². The Labute approximate surface area is 53.7 Å². The van der Waals surface area contributed by atoms with Gasteiger partial charge in [0.05, 0.1) is 6.61 Å². The predicted octanol–water partition coefficient (Wildman–Crippen LogP) is -4.06. The van der Waals surface area contributed by atoms with E-state index in [0.717, 1.165) is 0 Å². The van der Waals surface area contributed by atoms with Crippen molar-refractivity contribution in [1.29, 1.82) is 0 Å². The second-order valence-electron chi connectivity index (χ2n) is 0.512. The molecule has 0 aliphatic rings. The smallest absolute Gasteiger partial charge is 0.395 e. The van der Waals surface area contributed by atoms with Crippen LogP contribution in [0.15, 0.2) is 0 Å². The molecule has 0 aliphatic carbocycles. The molecule has 0 heterocycles. The van der Waals surface area contributed by atoms with Gasteiger partial charge in [-0.15, -0.1) is 0 Å². The summed E-state index contributed by atoms with van der Waals surface area (Å²) in [6.07, 6.45) is 0. The van der Waals surface area contributed by atoms with E-state index in [1.807, 2.05) is 0 Å². The summed E-state index contributed by atoms with van der Waals surface area (Å²) < 4.78 is 0. The van der Waals surface area contributed by atoms with Crippen molar-refractivity contribution < 1.29 is 34.7 Å². The largest absolute Gasteiger partial charge is 1.00 e. The van der Waals surface area contributed by atoms with Crippen LogP contribution < -0.4 is 35.3 Å². The molecule has 0 amide bonds. The Balaban J connectivity index is 0. The van der Waals surface area contributed by atoms with E-state index in [-0.39, 0.29) is 36.2 Å². The minimum absolute atomic E-state index is 0. The predicted molar refractivity (Wildman–Crippen MR) is 16.1 cm³/mol. The van der Waals surface area contributed by atoms with Crippen LogP contribution in [0.2, 0.25) is 0 Å². The summed E-state index contributed by atoms with van der Waals surface area (Å²) in [5.41, 5.74) is 4.78. The maximum absolute atomic E-state index is 7.75. The fraction of sp³-hybridized carbons (Fsp3) is 1.00. The Hall–Kier alpha value is 0.920. The average molecular weight is 84.1 g/mol. The third-order valence-corrected chi connectivity index (χ3v) is 0.129. The van der Waals surface area contributed by atoms with E-state index < -0.39 is 0 Å². The molecule has 2 nitrogen and oxygen atoms in total. The molecule has 0 saturated carbocycles. The fourth-order valence-corrected chi connectivity index (χ4v) is 0. The molecule has 0 spiro atoms. The Morgan fingerprint density at radius 3 is 1.80 bits per heavy atom. The van der Waals surface area contributed by atoms with Crippen molar-refractivity contribution in [1.82, 2.24) is 0 Å². The van der Waals surface area contributed by atoms with Crippen LogP contribution in [0.1, 0.15) is 0 Å². The first-order valence-corrected chi connectivity index (χ1v) is 1.22. The summed E-state index contributed by atoms with van der Waals surface area (Å²) in [6, 6.07) is 0. The van der Waals surface area contributed by atoms with Gasteiger partial charge in [-0.3, -0.25) is 0 Å². The molecule has 3 N–H and O–H groups in total. The summed E-state index contributed by atoms with van der Waals surface area (Å²) >= 11 is 0. The Bertz CT molecular complexity index is 11.6. The van der Waals surface area contributed by atoms with Crippen LogP contribution in [-0.2, 0) is 0 Å². The summed E-state index contributed by atoms with van der Waals surface area (Å²) in [7, 11) is 0. The minimum Gasteiger partial charge on any atom is -0.395 e. The van der Waals surface area contributed by atoms with Gasteiger partial charge in [0.15, 0.2) is 0 Å². The van der Waals surface area contributed by atoms with Crippen molar-refractivity contribution >= 4 is 0 Å². The van der Waals surface area contributed by atoms with Gasteiger partial charge in [-0.05, 0) is 0 Å². The molecular formula is C2H7NNaO+. The van der Waals surface area contributed by atoms with Crippen molar-refractivity contribution in [2.75, 3.05) is 13.2 Å². The molecule has 0 saturated heterocycles. The molecular weight excluding hydrogens is 77.0 g/mol. The molecule has 0 radical (unpaired) electrons. The molecule has 0 aromatic heterocycles. The van der Waals surface area contributed by atoms with Gasteiger partial charge in [0, 0.05) is 6.54 Å². The summed E-state index contributed by atoms with van der Waals surface area (Å²) in [5, 5.41) is 7.75. The first-order valence-electron chi connectivity index (χ1n) is 1.22. The van der Waals surface area contributed by atoms with Gasteiger partial charge in [0.25, 0.3) is 0 Å². The van der Waals surface area contributed by atoms with Gasteiger partial charge >= 0.3 is 29.6 Å². The van der Waals surface area contributed by atoms with Crippen molar-refractivity contribution in [3.63, 3.8) is 0 Å². The SMILES string of the molecule is NCCO.[Na+]. The average Bonchev–Trinajstić information content (AvgIpc) is 1.37. The number of aliphatic hydroxyl groups is 1. The van der Waals surface area contributed by atoms with E-state index >= 15 is 0 Å². The number of nitrogens with two attached hydrogens (primary N) is 1. The fourth-order valence-electron chi connectivity index (χ4n) is 0. The second kappa shape index (κ2) is 8.87. The van der Waals surface area contributed by atoms with Gasteiger partial charge in [-0.1, -0.05) is 0 Å². The molecule has 0 atom stereocenters. The normalized spacial score (nSPS) is 6.00. The summed E-state index contributed by atoms with van der Waals surface area (Å²) in [4.78, 5) is 0. The number of rotatable bonds is 1. The second-order valence-corrected chi connectivity index (χ2v) is 0.512. The van der Waals surface area contributed by atoms with Crippen molar-refractivity contribution in [2.45, 2.75) is 0 Å². The third kappa shape index (κ3) is 11.4. The first-order chi connectivity index (χ1) is 1.91. The molecule has 0 rings (SSSR count). The first kappa shape index (κ1) is 9.33. The van der Waals surface area contributed by atoms with Crippen molar-refractivity contribution in [3.8, 4) is 0 Å². The molecule has 0 aromatic rings. The third-order valence-electron chi connectivity index (χ3n) is 0.129.